The third kappa shape index (κ3) is 21.4. The van der Waals surface area contributed by atoms with Gasteiger partial charge >= 0.3 is 11.9 Å². The van der Waals surface area contributed by atoms with E-state index in [2.05, 4.69) is 47.8 Å². The van der Waals surface area contributed by atoms with E-state index in [4.69, 9.17) is 13.9 Å². The number of furan rings is 1. The van der Waals surface area contributed by atoms with E-state index in [0.717, 1.165) is 61.4 Å². The van der Waals surface area contributed by atoms with E-state index in [1.54, 1.807) is 0 Å². The molecule has 4 fully saturated rings. The number of hydrogen-bond donors (Lipinski definition) is 2. The largest absolute Gasteiger partial charge is 0.457 e. The lowest BCUT2D eigenvalue weighted by Gasteiger charge is -2.38. The molecular weight excluding hydrogens is 793 g/mol. The first-order chi connectivity index (χ1) is 30.3. The Bertz CT molecular complexity index is 1180. The number of aliphatic hydroxyl groups is 2. The third-order valence-corrected chi connectivity index (χ3v) is 14.1. The van der Waals surface area contributed by atoms with Crippen LogP contribution in [0.2, 0.25) is 0 Å². The van der Waals surface area contributed by atoms with Crippen molar-refractivity contribution in [2.45, 2.75) is 207 Å². The van der Waals surface area contributed by atoms with Gasteiger partial charge in [0.15, 0.2) is 0 Å². The van der Waals surface area contributed by atoms with Gasteiger partial charge < -0.3 is 43.7 Å². The summed E-state index contributed by atoms with van der Waals surface area (Å²) in [4.78, 5) is 34.5. The van der Waals surface area contributed by atoms with Crippen molar-refractivity contribution in [1.82, 2.24) is 19.6 Å². The number of esters is 2. The van der Waals surface area contributed by atoms with Crippen molar-refractivity contribution in [2.75, 3.05) is 68.6 Å². The van der Waals surface area contributed by atoms with E-state index < -0.39 is 24.1 Å². The Morgan fingerprint density at radius 1 is 0.492 bits per heavy atom. The molecule has 4 aliphatic carbocycles. The van der Waals surface area contributed by atoms with Gasteiger partial charge in [-0.3, -0.25) is 0 Å². The Kier molecular flexibility index (Phi) is 31.3. The zero-order valence-corrected chi connectivity index (χ0v) is 43.2. The molecule has 11 heteroatoms. The van der Waals surface area contributed by atoms with Gasteiger partial charge in [0, 0.05) is 37.3 Å². The molecule has 0 bridgehead atoms. The molecule has 2 atom stereocenters. The fraction of sp³-hybridized carbons (Fsp3) is 0.885. The molecule has 0 aliphatic heterocycles. The fourth-order valence-electron chi connectivity index (χ4n) is 10.5. The zero-order chi connectivity index (χ0) is 47.5. The monoisotopic (exact) mass is 893 g/mol. The molecule has 4 saturated carbocycles. The maximum atomic E-state index is 12.7. The number of ether oxygens (including phenoxy) is 2. The first-order valence-corrected chi connectivity index (χ1v) is 25.9. The van der Waals surface area contributed by atoms with E-state index in [1.807, 2.05) is 69.5 Å². The number of hydrogen-bond acceptors (Lipinski definition) is 11. The number of carbonyl (C=O) groups excluding carboxylic acids is 2. The number of rotatable bonds is 18. The Hall–Kier alpha value is -2.02. The van der Waals surface area contributed by atoms with Gasteiger partial charge in [-0.25, -0.2) is 9.59 Å². The fourth-order valence-corrected chi connectivity index (χ4v) is 10.5. The Morgan fingerprint density at radius 2 is 0.746 bits per heavy atom. The van der Waals surface area contributed by atoms with E-state index >= 15 is 0 Å². The van der Waals surface area contributed by atoms with E-state index in [0.29, 0.717) is 25.2 Å². The van der Waals surface area contributed by atoms with Crippen molar-refractivity contribution in [1.29, 1.82) is 0 Å². The van der Waals surface area contributed by atoms with Crippen LogP contribution in [0.4, 0.5) is 0 Å². The highest BCUT2D eigenvalue weighted by atomic mass is 16.6. The third-order valence-electron chi connectivity index (χ3n) is 14.1. The molecular formula is C52H100N4O7. The van der Waals surface area contributed by atoms with E-state index in [9.17, 15) is 19.8 Å². The standard InChI is InChI=1S/C44H76N4O7.4C2H6/c1-45(2)35-15-7-31(8-16-35)25-33-11-19-37(20-12-33)47(5)27-39(49)29-53-43(51)41-23-24-42(55-41)44(52)54-30-40(50)28-48(6)38-21-13-34(14-22-38)26-32-9-17-36(18-10-32)46(3)4;4*1-2/h23-24,31-40,49-50H,7-22,25-30H2,1-6H3;4*1-2H3. The minimum atomic E-state index is -0.828. The maximum absolute atomic E-state index is 12.7. The van der Waals surface area contributed by atoms with Crippen molar-refractivity contribution in [3.63, 3.8) is 0 Å². The lowest BCUT2D eigenvalue weighted by molar-refractivity contribution is 0.00608. The maximum Gasteiger partial charge on any atom is 0.374 e. The molecule has 1 aromatic heterocycles. The number of likely N-dealkylation sites (N-methyl/N-ethyl adjacent to an activating group) is 2. The van der Waals surface area contributed by atoms with Gasteiger partial charge in [-0.15, -0.1) is 0 Å². The summed E-state index contributed by atoms with van der Waals surface area (Å²) in [7, 11) is 12.9. The topological polar surface area (TPSA) is 119 Å². The van der Waals surface area contributed by atoms with Crippen molar-refractivity contribution < 1.29 is 33.7 Å². The van der Waals surface area contributed by atoms with Crippen LogP contribution < -0.4 is 0 Å². The lowest BCUT2D eigenvalue weighted by atomic mass is 9.75. The molecule has 0 aromatic carbocycles. The summed E-state index contributed by atoms with van der Waals surface area (Å²) in [5.41, 5.74) is 0. The predicted octanol–water partition coefficient (Wildman–Crippen LogP) is 10.4. The first kappa shape index (κ1) is 59.0. The molecule has 11 nitrogen and oxygen atoms in total. The SMILES string of the molecule is CC.CC.CC.CC.CN(C)C1CCC(CC2CCC(N(C)CC(O)COC(=O)c3ccc(C(=O)OCC(O)CN(C)C4CCC(CC5CCC(N(C)C)CC5)CC4)o3)CC2)CC1. The minimum Gasteiger partial charge on any atom is -0.457 e. The van der Waals surface area contributed by atoms with Crippen LogP contribution in [-0.4, -0.2) is 147 Å². The van der Waals surface area contributed by atoms with Crippen LogP contribution in [0.15, 0.2) is 16.5 Å². The number of nitrogens with zero attached hydrogens (tertiary/aromatic N) is 4. The molecule has 4 aliphatic rings. The van der Waals surface area contributed by atoms with Crippen molar-refractivity contribution in [3.8, 4) is 0 Å². The molecule has 1 aromatic rings. The second kappa shape index (κ2) is 33.4. The Morgan fingerprint density at radius 3 is 1.00 bits per heavy atom. The smallest absolute Gasteiger partial charge is 0.374 e. The highest BCUT2D eigenvalue weighted by Crippen LogP contribution is 2.38. The van der Waals surface area contributed by atoms with Gasteiger partial charge in [-0.2, -0.15) is 0 Å². The van der Waals surface area contributed by atoms with Gasteiger partial charge in [0.05, 0.1) is 0 Å². The van der Waals surface area contributed by atoms with Gasteiger partial charge in [-0.05, 0) is 194 Å². The highest BCUT2D eigenvalue weighted by molar-refractivity contribution is 5.90. The van der Waals surface area contributed by atoms with Crippen LogP contribution in [0.3, 0.4) is 0 Å². The van der Waals surface area contributed by atoms with Crippen LogP contribution in [0.1, 0.15) is 192 Å². The number of aliphatic hydroxyl groups excluding tert-OH is 2. The summed E-state index contributed by atoms with van der Waals surface area (Å²) >= 11 is 0. The van der Waals surface area contributed by atoms with Crippen molar-refractivity contribution >= 4 is 11.9 Å². The van der Waals surface area contributed by atoms with Crippen LogP contribution in [0, 0.1) is 23.7 Å². The molecule has 370 valence electrons. The quantitative estimate of drug-likeness (QED) is 0.137. The molecule has 5 rings (SSSR count). The van der Waals surface area contributed by atoms with Gasteiger partial charge in [-0.1, -0.05) is 55.4 Å². The summed E-state index contributed by atoms with van der Waals surface area (Å²) < 4.78 is 16.1. The highest BCUT2D eigenvalue weighted by Gasteiger charge is 2.31. The van der Waals surface area contributed by atoms with Gasteiger partial charge in [0.25, 0.3) is 0 Å². The van der Waals surface area contributed by atoms with E-state index in [-0.39, 0.29) is 24.7 Å². The summed E-state index contributed by atoms with van der Waals surface area (Å²) in [5.74, 6) is 1.64. The molecule has 63 heavy (non-hydrogen) atoms. The molecule has 0 radical (unpaired) electrons. The van der Waals surface area contributed by atoms with Crippen LogP contribution in [0.25, 0.3) is 0 Å². The van der Waals surface area contributed by atoms with Crippen LogP contribution in [0.5, 0.6) is 0 Å². The Balaban J connectivity index is 0.00000234. The van der Waals surface area contributed by atoms with Crippen molar-refractivity contribution in [2.24, 2.45) is 23.7 Å². The van der Waals surface area contributed by atoms with E-state index in [1.165, 1.54) is 102 Å². The Labute approximate surface area is 387 Å². The summed E-state index contributed by atoms with van der Waals surface area (Å²) in [6, 6.07) is 5.11. The average Bonchev–Trinajstić information content (AvgIpc) is 3.82. The normalized spacial score (nSPS) is 27.0. The second-order valence-electron chi connectivity index (χ2n) is 18.6. The summed E-state index contributed by atoms with van der Waals surface area (Å²) in [5, 5.41) is 21.3. The predicted molar refractivity (Wildman–Crippen MR) is 262 cm³/mol. The average molecular weight is 893 g/mol. The molecule has 2 N–H and O–H groups in total. The van der Waals surface area contributed by atoms with Crippen molar-refractivity contribution in [3.05, 3.63) is 23.7 Å². The molecule has 1 heterocycles. The molecule has 0 amide bonds. The van der Waals surface area contributed by atoms with Gasteiger partial charge in [0.2, 0.25) is 11.5 Å². The molecule has 0 spiro atoms. The van der Waals surface area contributed by atoms with Crippen LogP contribution in [-0.2, 0) is 9.47 Å². The first-order valence-electron chi connectivity index (χ1n) is 25.9. The second-order valence-corrected chi connectivity index (χ2v) is 18.6. The number of carbonyl (C=O) groups is 2. The zero-order valence-electron chi connectivity index (χ0n) is 43.2. The van der Waals surface area contributed by atoms with Gasteiger partial charge in [0.1, 0.15) is 25.4 Å². The summed E-state index contributed by atoms with van der Waals surface area (Å²) in [6.45, 7) is 16.5. The lowest BCUT2D eigenvalue weighted by Crippen LogP contribution is -2.41. The van der Waals surface area contributed by atoms with Crippen LogP contribution >= 0.6 is 0 Å². The summed E-state index contributed by atoms with van der Waals surface area (Å²) in [6.07, 6.45) is 21.3. The minimum absolute atomic E-state index is 0.127. The molecule has 2 unspecified atom stereocenters. The molecule has 0 saturated heterocycles.